The molecule has 0 bridgehead atoms. The molecule has 1 atom stereocenters. The normalized spacial score (nSPS) is 17.7. The van der Waals surface area contributed by atoms with Gasteiger partial charge in [-0.3, -0.25) is 9.89 Å². The highest BCUT2D eigenvalue weighted by Crippen LogP contribution is 2.26. The van der Waals surface area contributed by atoms with Crippen LogP contribution in [0.3, 0.4) is 0 Å². The average molecular weight is 375 g/mol. The summed E-state index contributed by atoms with van der Waals surface area (Å²) in [6, 6.07) is 11.2. The molecule has 2 N–H and O–H groups in total. The van der Waals surface area contributed by atoms with E-state index in [1.165, 1.54) is 31.5 Å². The monoisotopic (exact) mass is 374 g/mol. The first kappa shape index (κ1) is 21.7. The van der Waals surface area contributed by atoms with Crippen LogP contribution in [-0.2, 0) is 4.74 Å². The number of nitrogens with zero attached hydrogens (tertiary/aromatic N) is 2. The van der Waals surface area contributed by atoms with Crippen LogP contribution in [-0.4, -0.2) is 57.3 Å². The van der Waals surface area contributed by atoms with Gasteiger partial charge in [0.15, 0.2) is 5.96 Å². The highest BCUT2D eigenvalue weighted by atomic mass is 16.5. The minimum atomic E-state index is 0.384. The van der Waals surface area contributed by atoms with Crippen LogP contribution in [0, 0.1) is 5.92 Å². The van der Waals surface area contributed by atoms with Crippen LogP contribution < -0.4 is 10.6 Å². The molecule has 1 aromatic rings. The van der Waals surface area contributed by atoms with Crippen molar-refractivity contribution < 1.29 is 4.74 Å². The quantitative estimate of drug-likeness (QED) is 0.374. The van der Waals surface area contributed by atoms with Crippen molar-refractivity contribution >= 4 is 5.96 Å². The van der Waals surface area contributed by atoms with Gasteiger partial charge in [-0.15, -0.1) is 0 Å². The molecular formula is C22H38N4O. The number of guanidine groups is 1. The summed E-state index contributed by atoms with van der Waals surface area (Å²) in [7, 11) is 1.84. The van der Waals surface area contributed by atoms with Crippen LogP contribution in [0.25, 0.3) is 0 Å². The summed E-state index contributed by atoms with van der Waals surface area (Å²) >= 11 is 0. The number of aliphatic imine (C=N–C) groups is 1. The van der Waals surface area contributed by atoms with E-state index < -0.39 is 0 Å². The summed E-state index contributed by atoms with van der Waals surface area (Å²) in [6.07, 6.45) is 4.75. The number of nitrogens with one attached hydrogen (secondary N) is 2. The van der Waals surface area contributed by atoms with E-state index in [4.69, 9.17) is 4.74 Å². The van der Waals surface area contributed by atoms with Crippen LogP contribution in [0.5, 0.6) is 0 Å². The fraction of sp³-hybridized carbons (Fsp3) is 0.682. The highest BCUT2D eigenvalue weighted by Gasteiger charge is 2.24. The molecule has 0 spiro atoms. The third-order valence-corrected chi connectivity index (χ3v) is 5.34. The maximum atomic E-state index is 5.39. The average Bonchev–Trinajstić information content (AvgIpc) is 2.71. The van der Waals surface area contributed by atoms with Crippen LogP contribution in [0.1, 0.15) is 51.1 Å². The predicted octanol–water partition coefficient (Wildman–Crippen LogP) is 3.44. The number of likely N-dealkylation sites (tertiary alicyclic amines) is 1. The largest absolute Gasteiger partial charge is 0.382 e. The Morgan fingerprint density at radius 3 is 2.59 bits per heavy atom. The van der Waals surface area contributed by atoms with Gasteiger partial charge in [0, 0.05) is 33.4 Å². The summed E-state index contributed by atoms with van der Waals surface area (Å²) in [5.74, 6) is 1.73. The van der Waals surface area contributed by atoms with Crippen LogP contribution in [0.2, 0.25) is 0 Å². The summed E-state index contributed by atoms with van der Waals surface area (Å²) < 4.78 is 5.39. The first-order chi connectivity index (χ1) is 13.2. The zero-order chi connectivity index (χ0) is 19.3. The van der Waals surface area contributed by atoms with Crippen LogP contribution in [0.15, 0.2) is 35.3 Å². The minimum Gasteiger partial charge on any atom is -0.382 e. The summed E-state index contributed by atoms with van der Waals surface area (Å²) in [4.78, 5) is 7.01. The fourth-order valence-electron chi connectivity index (χ4n) is 3.57. The van der Waals surface area contributed by atoms with Gasteiger partial charge >= 0.3 is 0 Å². The van der Waals surface area contributed by atoms with Gasteiger partial charge in [-0.1, -0.05) is 37.3 Å². The molecule has 1 unspecified atom stereocenters. The van der Waals surface area contributed by atoms with Crippen molar-refractivity contribution in [1.29, 1.82) is 0 Å². The van der Waals surface area contributed by atoms with Gasteiger partial charge in [-0.25, -0.2) is 0 Å². The summed E-state index contributed by atoms with van der Waals surface area (Å²) in [5, 5.41) is 6.97. The lowest BCUT2D eigenvalue weighted by atomic mass is 9.95. The smallest absolute Gasteiger partial charge is 0.191 e. The van der Waals surface area contributed by atoms with E-state index in [0.29, 0.717) is 6.04 Å². The van der Waals surface area contributed by atoms with E-state index in [-0.39, 0.29) is 0 Å². The number of unbranched alkanes of at least 4 members (excludes halogenated alkanes) is 1. The molecule has 1 heterocycles. The van der Waals surface area contributed by atoms with Gasteiger partial charge in [0.25, 0.3) is 0 Å². The molecular weight excluding hydrogens is 336 g/mol. The Kier molecular flexibility index (Phi) is 10.2. The molecule has 0 saturated carbocycles. The minimum absolute atomic E-state index is 0.384. The molecule has 1 aliphatic heterocycles. The Hall–Kier alpha value is -1.59. The van der Waals surface area contributed by atoms with Gasteiger partial charge < -0.3 is 15.4 Å². The molecule has 1 aromatic carbocycles. The molecule has 1 aliphatic rings. The zero-order valence-electron chi connectivity index (χ0n) is 17.4. The van der Waals surface area contributed by atoms with E-state index in [9.17, 15) is 0 Å². The molecule has 152 valence electrons. The maximum absolute atomic E-state index is 5.39. The molecule has 0 radical (unpaired) electrons. The van der Waals surface area contributed by atoms with Crippen molar-refractivity contribution in [3.05, 3.63) is 35.9 Å². The summed E-state index contributed by atoms with van der Waals surface area (Å²) in [5.41, 5.74) is 1.38. The van der Waals surface area contributed by atoms with Crippen LogP contribution in [0.4, 0.5) is 0 Å². The summed E-state index contributed by atoms with van der Waals surface area (Å²) in [6.45, 7) is 10.2. The third-order valence-electron chi connectivity index (χ3n) is 5.34. The van der Waals surface area contributed by atoms with Crippen molar-refractivity contribution in [2.75, 3.05) is 46.4 Å². The Balaban J connectivity index is 1.85. The molecule has 0 aromatic heterocycles. The van der Waals surface area contributed by atoms with Crippen LogP contribution >= 0.6 is 0 Å². The third kappa shape index (κ3) is 7.89. The highest BCUT2D eigenvalue weighted by molar-refractivity contribution is 5.79. The molecule has 0 amide bonds. The number of hydrogen-bond donors (Lipinski definition) is 2. The number of benzene rings is 1. The van der Waals surface area contributed by atoms with Crippen molar-refractivity contribution in [2.24, 2.45) is 10.9 Å². The zero-order valence-corrected chi connectivity index (χ0v) is 17.4. The van der Waals surface area contributed by atoms with Crippen molar-refractivity contribution in [1.82, 2.24) is 15.5 Å². The first-order valence-electron chi connectivity index (χ1n) is 10.6. The van der Waals surface area contributed by atoms with E-state index in [1.807, 2.05) is 14.0 Å². The van der Waals surface area contributed by atoms with E-state index in [2.05, 4.69) is 57.8 Å². The topological polar surface area (TPSA) is 48.9 Å². The maximum Gasteiger partial charge on any atom is 0.191 e. The fourth-order valence-corrected chi connectivity index (χ4v) is 3.57. The SMILES string of the molecule is CCOCCCCNC(=NC)NCC(c1ccccc1)N1CCC(C)CC1. The second kappa shape index (κ2) is 12.7. The molecule has 1 saturated heterocycles. The van der Waals surface area contributed by atoms with E-state index in [1.54, 1.807) is 0 Å². The van der Waals surface area contributed by atoms with Gasteiger partial charge in [-0.2, -0.15) is 0 Å². The number of piperidine rings is 1. The van der Waals surface area contributed by atoms with Gasteiger partial charge in [-0.05, 0) is 57.2 Å². The van der Waals surface area contributed by atoms with Gasteiger partial charge in [0.05, 0.1) is 6.04 Å². The number of hydrogen-bond acceptors (Lipinski definition) is 3. The lowest BCUT2D eigenvalue weighted by Crippen LogP contribution is -2.45. The standard InChI is InChI=1S/C22H38N4O/c1-4-27-17-9-8-14-24-22(23-3)25-18-21(20-10-6-5-7-11-20)26-15-12-19(2)13-16-26/h5-7,10-11,19,21H,4,8-9,12-18H2,1-3H3,(H2,23,24,25). The van der Waals surface area contributed by atoms with E-state index >= 15 is 0 Å². The Morgan fingerprint density at radius 2 is 1.93 bits per heavy atom. The van der Waals surface area contributed by atoms with Gasteiger partial charge in [0.2, 0.25) is 0 Å². The molecule has 1 fully saturated rings. The van der Waals surface area contributed by atoms with Crippen molar-refractivity contribution in [3.8, 4) is 0 Å². The number of rotatable bonds is 10. The molecule has 2 rings (SSSR count). The molecule has 0 aliphatic carbocycles. The Bertz CT molecular complexity index is 526. The van der Waals surface area contributed by atoms with Crippen molar-refractivity contribution in [3.63, 3.8) is 0 Å². The molecule has 5 nitrogen and oxygen atoms in total. The second-order valence-corrected chi connectivity index (χ2v) is 7.43. The second-order valence-electron chi connectivity index (χ2n) is 7.43. The Morgan fingerprint density at radius 1 is 1.19 bits per heavy atom. The van der Waals surface area contributed by atoms with E-state index in [0.717, 1.165) is 51.0 Å². The first-order valence-corrected chi connectivity index (χ1v) is 10.6. The Labute approximate surface area is 165 Å². The molecule has 27 heavy (non-hydrogen) atoms. The van der Waals surface area contributed by atoms with Gasteiger partial charge in [0.1, 0.15) is 0 Å². The number of ether oxygens (including phenoxy) is 1. The predicted molar refractivity (Wildman–Crippen MR) is 114 cm³/mol. The van der Waals surface area contributed by atoms with Crippen molar-refractivity contribution in [2.45, 2.75) is 45.6 Å². The molecule has 5 heteroatoms. The lowest BCUT2D eigenvalue weighted by molar-refractivity contribution is 0.138. The lowest BCUT2D eigenvalue weighted by Gasteiger charge is -2.37.